The minimum atomic E-state index is -1.95. The molecule has 1 aliphatic rings. The first kappa shape index (κ1) is 62.9. The Hall–Kier alpha value is -7.42. The molecule has 17 N–H and O–H groups in total. The lowest BCUT2D eigenvalue weighted by Gasteiger charge is -2.29. The van der Waals surface area contributed by atoms with Crippen molar-refractivity contribution in [3.05, 3.63) is 59.7 Å². The molecule has 0 saturated carbocycles. The summed E-state index contributed by atoms with van der Waals surface area (Å²) in [6.45, 7) is 5.68. The third kappa shape index (κ3) is 21.1. The van der Waals surface area contributed by atoms with Gasteiger partial charge in [-0.25, -0.2) is 4.79 Å². The number of aliphatic carboxylic acids is 2. The highest BCUT2D eigenvalue weighted by Crippen LogP contribution is 2.16. The van der Waals surface area contributed by atoms with Crippen molar-refractivity contribution >= 4 is 59.2 Å². The van der Waals surface area contributed by atoms with Gasteiger partial charge in [-0.2, -0.15) is 0 Å². The van der Waals surface area contributed by atoms with E-state index >= 15 is 0 Å². The Morgan fingerprint density at radius 3 is 1.47 bits per heavy atom. The summed E-state index contributed by atoms with van der Waals surface area (Å²) < 4.78 is 0. The van der Waals surface area contributed by atoms with E-state index in [1.165, 1.54) is 48.5 Å². The van der Waals surface area contributed by atoms with Gasteiger partial charge < -0.3 is 84.2 Å². The number of nitrogens with one attached hydrogen (secondary N) is 9. The topological polar surface area (TPSA) is 426 Å². The molecular weight excluding hydrogens is 997 g/mol. The number of phenols is 2. The van der Waals surface area contributed by atoms with Crippen LogP contribution in [0, 0.1) is 11.8 Å². The predicted molar refractivity (Wildman–Crippen MR) is 271 cm³/mol. The van der Waals surface area contributed by atoms with Crippen molar-refractivity contribution in [1.29, 1.82) is 0 Å². The van der Waals surface area contributed by atoms with Gasteiger partial charge in [-0.05, 0) is 98.8 Å². The van der Waals surface area contributed by atoms with Gasteiger partial charge in [-0.15, -0.1) is 0 Å². The average Bonchev–Trinajstić information content (AvgIpc) is 3.91. The highest BCUT2D eigenvalue weighted by Gasteiger charge is 2.36. The molecular formula is C50H74N10O16. The molecule has 1 saturated heterocycles. The van der Waals surface area contributed by atoms with Crippen LogP contribution in [0.5, 0.6) is 11.5 Å². The summed E-state index contributed by atoms with van der Waals surface area (Å²) in [6.07, 6.45) is 0.717. The number of hydrogen-bond donors (Lipinski definition) is 16. The van der Waals surface area contributed by atoms with Crippen LogP contribution in [-0.2, 0) is 60.8 Å². The molecule has 0 unspecified atom stereocenters. The number of hydrogen-bond acceptors (Lipinski definition) is 16. The maximum Gasteiger partial charge on any atom is 0.326 e. The normalized spacial score (nSPS) is 16.3. The van der Waals surface area contributed by atoms with Gasteiger partial charge in [0.15, 0.2) is 0 Å². The van der Waals surface area contributed by atoms with Crippen LogP contribution < -0.4 is 53.6 Å². The molecule has 26 nitrogen and oxygen atoms in total. The zero-order valence-corrected chi connectivity index (χ0v) is 43.0. The summed E-state index contributed by atoms with van der Waals surface area (Å²) in [5.74, 6) is -11.5. The number of benzene rings is 2. The Kier molecular flexibility index (Phi) is 26.0. The zero-order valence-electron chi connectivity index (χ0n) is 43.0. The van der Waals surface area contributed by atoms with Crippen LogP contribution in [0.4, 0.5) is 0 Å². The summed E-state index contributed by atoms with van der Waals surface area (Å²) in [5, 5.41) is 81.7. The highest BCUT2D eigenvalue weighted by atomic mass is 16.4. The van der Waals surface area contributed by atoms with Crippen LogP contribution in [0.15, 0.2) is 48.5 Å². The van der Waals surface area contributed by atoms with Crippen molar-refractivity contribution in [3.63, 3.8) is 0 Å². The molecule has 1 aliphatic heterocycles. The maximum absolute atomic E-state index is 14.2. The molecule has 2 aromatic carbocycles. The zero-order chi connectivity index (χ0) is 56.6. The fourth-order valence-corrected chi connectivity index (χ4v) is 7.97. The Morgan fingerprint density at radius 1 is 0.566 bits per heavy atom. The van der Waals surface area contributed by atoms with E-state index in [1.54, 1.807) is 13.8 Å². The summed E-state index contributed by atoms with van der Waals surface area (Å²) in [5.41, 5.74) is 6.49. The number of carbonyl (C=O) groups is 10. The summed E-state index contributed by atoms with van der Waals surface area (Å²) in [4.78, 5) is 133. The quantitative estimate of drug-likeness (QED) is 0.0323. The van der Waals surface area contributed by atoms with Crippen molar-refractivity contribution in [2.45, 2.75) is 140 Å². The van der Waals surface area contributed by atoms with Crippen LogP contribution in [-0.4, -0.2) is 171 Å². The second kappa shape index (κ2) is 31.5. The number of aromatic hydroxyl groups is 2. The van der Waals surface area contributed by atoms with Gasteiger partial charge in [0, 0.05) is 12.8 Å². The van der Waals surface area contributed by atoms with Crippen molar-refractivity contribution in [2.75, 3.05) is 26.3 Å². The molecule has 2 aromatic rings. The molecule has 3 rings (SSSR count). The molecule has 0 radical (unpaired) electrons. The molecule has 26 heteroatoms. The monoisotopic (exact) mass is 1070 g/mol. The SMILES string of the molecule is CC(C)C[C@H](NC(=O)[C@@H]1CCCN1)C(=O)N[C@H](C(=O)N[C@@H](CCCCN)C(=O)N[C@@H](Cc1ccc(O)cc1)C(=O)N[C@@H](CO)C(=O)N[C@@H](CO)C(=O)N[C@@H](CC(=O)O)C(=O)N[C@@H](Cc1ccc(O)cc1)C(=O)O)C(C)C. The number of rotatable bonds is 32. The van der Waals surface area contributed by atoms with Crippen LogP contribution in [0.1, 0.15) is 83.8 Å². The number of aliphatic hydroxyl groups is 2. The van der Waals surface area contributed by atoms with E-state index in [-0.39, 0.29) is 55.6 Å². The molecule has 0 aliphatic carbocycles. The third-order valence-corrected chi connectivity index (χ3v) is 12.2. The number of carboxylic acids is 2. The number of carboxylic acid groups (broad SMARTS) is 2. The summed E-state index contributed by atoms with van der Waals surface area (Å²) in [7, 11) is 0. The predicted octanol–water partition coefficient (Wildman–Crippen LogP) is -3.11. The van der Waals surface area contributed by atoms with Crippen molar-refractivity contribution in [3.8, 4) is 11.5 Å². The van der Waals surface area contributed by atoms with E-state index in [4.69, 9.17) is 5.73 Å². The molecule has 420 valence electrons. The molecule has 0 aromatic heterocycles. The lowest BCUT2D eigenvalue weighted by atomic mass is 9.98. The summed E-state index contributed by atoms with van der Waals surface area (Å²) in [6, 6.07) is -2.17. The van der Waals surface area contributed by atoms with Gasteiger partial charge in [0.1, 0.15) is 59.8 Å². The third-order valence-electron chi connectivity index (χ3n) is 12.2. The van der Waals surface area contributed by atoms with E-state index in [0.29, 0.717) is 36.9 Å². The Bertz CT molecular complexity index is 2300. The molecule has 9 atom stereocenters. The van der Waals surface area contributed by atoms with E-state index in [1.807, 2.05) is 13.8 Å². The maximum atomic E-state index is 14.2. The van der Waals surface area contributed by atoms with Crippen molar-refractivity contribution in [2.24, 2.45) is 17.6 Å². The number of amides is 8. The lowest BCUT2D eigenvalue weighted by molar-refractivity contribution is -0.143. The van der Waals surface area contributed by atoms with Crippen molar-refractivity contribution in [1.82, 2.24) is 47.9 Å². The van der Waals surface area contributed by atoms with Crippen LogP contribution in [0.2, 0.25) is 0 Å². The van der Waals surface area contributed by atoms with Gasteiger partial charge in [-0.3, -0.25) is 43.2 Å². The minimum Gasteiger partial charge on any atom is -0.508 e. The highest BCUT2D eigenvalue weighted by molar-refractivity contribution is 5.98. The van der Waals surface area contributed by atoms with Gasteiger partial charge in [0.25, 0.3) is 0 Å². The minimum absolute atomic E-state index is 0.00269. The first-order chi connectivity index (χ1) is 36.0. The van der Waals surface area contributed by atoms with Gasteiger partial charge in [-0.1, -0.05) is 52.0 Å². The summed E-state index contributed by atoms with van der Waals surface area (Å²) >= 11 is 0. The fraction of sp³-hybridized carbons (Fsp3) is 0.560. The number of unbranched alkanes of at least 4 members (excludes halogenated alkanes) is 1. The number of aliphatic hydroxyl groups excluding tert-OH is 2. The van der Waals surface area contributed by atoms with Gasteiger partial charge in [0.2, 0.25) is 47.3 Å². The average molecular weight is 1070 g/mol. The molecule has 0 bridgehead atoms. The van der Waals surface area contributed by atoms with Crippen LogP contribution >= 0.6 is 0 Å². The van der Waals surface area contributed by atoms with Crippen LogP contribution in [0.25, 0.3) is 0 Å². The first-order valence-electron chi connectivity index (χ1n) is 25.0. The second-order valence-corrected chi connectivity index (χ2v) is 19.3. The smallest absolute Gasteiger partial charge is 0.326 e. The molecule has 8 amide bonds. The lowest BCUT2D eigenvalue weighted by Crippen LogP contribution is -2.62. The van der Waals surface area contributed by atoms with Crippen molar-refractivity contribution < 1.29 is 78.6 Å². The molecule has 1 heterocycles. The van der Waals surface area contributed by atoms with Crippen LogP contribution in [0.3, 0.4) is 0 Å². The van der Waals surface area contributed by atoms with E-state index < -0.39 is 133 Å². The standard InChI is InChI=1S/C50H74N10O16/c1-26(2)20-34(54-42(67)32-9-7-19-52-32)46(71)60-41(27(3)4)49(74)53-33(8-5-6-18-51)43(68)55-35(21-28-10-14-30(63)15-11-28)44(69)58-39(25-62)48(73)59-38(24-61)47(72)56-36(23-40(65)66)45(70)57-37(50(75)76)22-29-12-16-31(64)17-13-29/h10-17,26-27,32-39,41,52,61-64H,5-9,18-25,51H2,1-4H3,(H,53,74)(H,54,67)(H,55,68)(H,56,72)(H,57,70)(H,58,69)(H,59,73)(H,60,71)(H,65,66)(H,75,76)/t32-,33-,34-,35-,36-,37-,38-,39-,41-/m0/s1. The number of carbonyl (C=O) groups excluding carboxylic acids is 8. The molecule has 0 spiro atoms. The number of phenolic OH excluding ortho intramolecular Hbond substituents is 2. The van der Waals surface area contributed by atoms with Gasteiger partial charge in [0.05, 0.1) is 25.7 Å². The molecule has 76 heavy (non-hydrogen) atoms. The number of nitrogens with two attached hydrogens (primary N) is 1. The first-order valence-corrected chi connectivity index (χ1v) is 25.0. The largest absolute Gasteiger partial charge is 0.508 e. The molecule has 1 fully saturated rings. The Morgan fingerprint density at radius 2 is 1.01 bits per heavy atom. The van der Waals surface area contributed by atoms with E-state index in [0.717, 1.165) is 6.42 Å². The Balaban J connectivity index is 1.82. The fourth-order valence-electron chi connectivity index (χ4n) is 7.97. The second-order valence-electron chi connectivity index (χ2n) is 19.3. The Labute approximate surface area is 439 Å². The van der Waals surface area contributed by atoms with Gasteiger partial charge >= 0.3 is 11.9 Å². The van der Waals surface area contributed by atoms with E-state index in [2.05, 4.69) is 47.9 Å². The van der Waals surface area contributed by atoms with E-state index in [9.17, 15) is 78.6 Å².